The average molecular weight is 308 g/mol. The Bertz CT molecular complexity index is 513. The van der Waals surface area contributed by atoms with E-state index in [0.29, 0.717) is 0 Å². The van der Waals surface area contributed by atoms with Gasteiger partial charge in [-0.2, -0.15) is 0 Å². The highest BCUT2D eigenvalue weighted by atomic mass is 79.9. The predicted octanol–water partition coefficient (Wildman–Crippen LogP) is 4.44. The first-order valence-electron chi connectivity index (χ1n) is 6.30. The summed E-state index contributed by atoms with van der Waals surface area (Å²) in [6, 6.07) is 12.7. The topological polar surface area (TPSA) is 21.3 Å². The number of anilines is 1. The second-order valence-corrected chi connectivity index (χ2v) is 5.16. The van der Waals surface area contributed by atoms with Gasteiger partial charge < -0.3 is 10.1 Å². The average Bonchev–Trinajstić information content (AvgIpc) is 2.38. The van der Waals surface area contributed by atoms with Crippen LogP contribution in [0.5, 0.6) is 0 Å². The van der Waals surface area contributed by atoms with E-state index in [1.165, 1.54) is 10.8 Å². The molecule has 2 aromatic carbocycles. The number of fused-ring (bicyclic) bond motifs is 1. The van der Waals surface area contributed by atoms with E-state index < -0.39 is 0 Å². The highest BCUT2D eigenvalue weighted by molar-refractivity contribution is 9.10. The lowest BCUT2D eigenvalue weighted by molar-refractivity contribution is 0.144. The molecular weight excluding hydrogens is 290 g/mol. The van der Waals surface area contributed by atoms with Crippen LogP contribution in [-0.4, -0.2) is 19.8 Å². The van der Waals surface area contributed by atoms with Gasteiger partial charge in [-0.3, -0.25) is 0 Å². The quantitative estimate of drug-likeness (QED) is 0.797. The highest BCUT2D eigenvalue weighted by Crippen LogP contribution is 2.22. The maximum absolute atomic E-state index is 5.44. The molecule has 18 heavy (non-hydrogen) atoms. The first-order valence-corrected chi connectivity index (χ1v) is 7.10. The van der Waals surface area contributed by atoms with Crippen LogP contribution < -0.4 is 5.32 Å². The predicted molar refractivity (Wildman–Crippen MR) is 81.2 cm³/mol. The van der Waals surface area contributed by atoms with Crippen molar-refractivity contribution in [3.8, 4) is 0 Å². The van der Waals surface area contributed by atoms with Gasteiger partial charge in [0.15, 0.2) is 0 Å². The van der Waals surface area contributed by atoms with Crippen molar-refractivity contribution in [3.63, 3.8) is 0 Å². The molecule has 0 aromatic heterocycles. The number of benzene rings is 2. The first-order chi connectivity index (χ1) is 8.79. The number of rotatable bonds is 6. The second-order valence-electron chi connectivity index (χ2n) is 4.25. The van der Waals surface area contributed by atoms with Gasteiger partial charge in [-0.25, -0.2) is 0 Å². The summed E-state index contributed by atoms with van der Waals surface area (Å²) < 4.78 is 6.55. The third kappa shape index (κ3) is 3.72. The Balaban J connectivity index is 1.95. The molecule has 0 aliphatic carbocycles. The summed E-state index contributed by atoms with van der Waals surface area (Å²) in [6.45, 7) is 4.57. The Morgan fingerprint density at radius 1 is 1.06 bits per heavy atom. The monoisotopic (exact) mass is 307 g/mol. The molecule has 96 valence electrons. The van der Waals surface area contributed by atoms with E-state index in [4.69, 9.17) is 4.74 Å². The summed E-state index contributed by atoms with van der Waals surface area (Å²) in [5.74, 6) is 0. The molecule has 0 radical (unpaired) electrons. The molecule has 1 N–H and O–H groups in total. The zero-order valence-electron chi connectivity index (χ0n) is 10.6. The van der Waals surface area contributed by atoms with Gasteiger partial charge in [-0.05, 0) is 41.5 Å². The third-order valence-electron chi connectivity index (χ3n) is 2.73. The summed E-state index contributed by atoms with van der Waals surface area (Å²) >= 11 is 3.48. The molecule has 0 aliphatic rings. The van der Waals surface area contributed by atoms with E-state index in [1.54, 1.807) is 0 Å². The molecule has 2 nitrogen and oxygen atoms in total. The number of hydrogen-bond acceptors (Lipinski definition) is 2. The van der Waals surface area contributed by atoms with E-state index in [2.05, 4.69) is 64.6 Å². The molecule has 2 aromatic rings. The Morgan fingerprint density at radius 2 is 1.83 bits per heavy atom. The highest BCUT2D eigenvalue weighted by Gasteiger charge is 1.97. The fraction of sp³-hybridized carbons (Fsp3) is 0.333. The zero-order valence-corrected chi connectivity index (χ0v) is 12.2. The van der Waals surface area contributed by atoms with Crippen molar-refractivity contribution < 1.29 is 4.74 Å². The minimum atomic E-state index is 0.756. The Kier molecular flexibility index (Phi) is 5.02. The summed E-state index contributed by atoms with van der Waals surface area (Å²) in [4.78, 5) is 0. The van der Waals surface area contributed by atoms with Crippen LogP contribution in [0, 0.1) is 0 Å². The van der Waals surface area contributed by atoms with Crippen molar-refractivity contribution in [1.29, 1.82) is 0 Å². The molecule has 0 saturated heterocycles. The molecule has 0 atom stereocenters. The molecule has 3 heteroatoms. The van der Waals surface area contributed by atoms with Crippen LogP contribution in [0.2, 0.25) is 0 Å². The molecule has 0 saturated carbocycles. The van der Waals surface area contributed by atoms with Gasteiger partial charge in [-0.15, -0.1) is 0 Å². The standard InChI is InChI=1S/C15H18BrNO/c1-2-8-18-9-7-17-15-6-4-12-10-14(16)5-3-13(12)11-15/h3-6,10-11,17H,2,7-9H2,1H3. The summed E-state index contributed by atoms with van der Waals surface area (Å²) in [5, 5.41) is 5.87. The molecule has 0 bridgehead atoms. The van der Waals surface area contributed by atoms with Crippen LogP contribution in [0.15, 0.2) is 40.9 Å². The largest absolute Gasteiger partial charge is 0.383 e. The number of ether oxygens (including phenoxy) is 1. The molecule has 0 spiro atoms. The van der Waals surface area contributed by atoms with Crippen LogP contribution in [0.3, 0.4) is 0 Å². The van der Waals surface area contributed by atoms with Gasteiger partial charge >= 0.3 is 0 Å². The lowest BCUT2D eigenvalue weighted by Crippen LogP contribution is -2.09. The van der Waals surface area contributed by atoms with E-state index in [9.17, 15) is 0 Å². The first kappa shape index (κ1) is 13.4. The van der Waals surface area contributed by atoms with Crippen LogP contribution in [0.4, 0.5) is 5.69 Å². The van der Waals surface area contributed by atoms with Crippen LogP contribution in [-0.2, 0) is 4.74 Å². The maximum Gasteiger partial charge on any atom is 0.0639 e. The van der Waals surface area contributed by atoms with Crippen molar-refractivity contribution in [2.75, 3.05) is 25.1 Å². The smallest absolute Gasteiger partial charge is 0.0639 e. The van der Waals surface area contributed by atoms with Gasteiger partial charge in [0, 0.05) is 23.3 Å². The third-order valence-corrected chi connectivity index (χ3v) is 3.22. The van der Waals surface area contributed by atoms with E-state index in [-0.39, 0.29) is 0 Å². The van der Waals surface area contributed by atoms with Crippen molar-refractivity contribution in [2.24, 2.45) is 0 Å². The molecule has 0 aliphatic heterocycles. The summed E-state index contributed by atoms with van der Waals surface area (Å²) in [7, 11) is 0. The zero-order chi connectivity index (χ0) is 12.8. The normalized spacial score (nSPS) is 10.8. The van der Waals surface area contributed by atoms with Gasteiger partial charge in [0.1, 0.15) is 0 Å². The van der Waals surface area contributed by atoms with Crippen molar-refractivity contribution in [2.45, 2.75) is 13.3 Å². The van der Waals surface area contributed by atoms with Crippen molar-refractivity contribution >= 4 is 32.4 Å². The van der Waals surface area contributed by atoms with E-state index >= 15 is 0 Å². The Morgan fingerprint density at radius 3 is 2.67 bits per heavy atom. The van der Waals surface area contributed by atoms with Crippen molar-refractivity contribution in [3.05, 3.63) is 40.9 Å². The lowest BCUT2D eigenvalue weighted by atomic mass is 10.1. The molecule has 2 rings (SSSR count). The molecule has 0 amide bonds. The van der Waals surface area contributed by atoms with Crippen LogP contribution in [0.25, 0.3) is 10.8 Å². The Hall–Kier alpha value is -1.06. The van der Waals surface area contributed by atoms with Crippen LogP contribution >= 0.6 is 15.9 Å². The molecule has 0 unspecified atom stereocenters. The van der Waals surface area contributed by atoms with Gasteiger partial charge in [0.25, 0.3) is 0 Å². The second kappa shape index (κ2) is 6.76. The van der Waals surface area contributed by atoms with Crippen LogP contribution in [0.1, 0.15) is 13.3 Å². The number of hydrogen-bond donors (Lipinski definition) is 1. The summed E-state index contributed by atoms with van der Waals surface area (Å²) in [6.07, 6.45) is 1.07. The number of halogens is 1. The molecule has 0 fully saturated rings. The minimum Gasteiger partial charge on any atom is -0.383 e. The SMILES string of the molecule is CCCOCCNc1ccc2cc(Br)ccc2c1. The minimum absolute atomic E-state index is 0.756. The van der Waals surface area contributed by atoms with E-state index in [0.717, 1.165) is 36.3 Å². The molecular formula is C15H18BrNO. The fourth-order valence-electron chi connectivity index (χ4n) is 1.84. The van der Waals surface area contributed by atoms with E-state index in [1.807, 2.05) is 0 Å². The fourth-order valence-corrected chi connectivity index (χ4v) is 2.22. The van der Waals surface area contributed by atoms with Gasteiger partial charge in [-0.1, -0.05) is 35.0 Å². The number of nitrogens with one attached hydrogen (secondary N) is 1. The summed E-state index contributed by atoms with van der Waals surface area (Å²) in [5.41, 5.74) is 1.14. The Labute approximate surface area is 116 Å². The lowest BCUT2D eigenvalue weighted by Gasteiger charge is -2.08. The van der Waals surface area contributed by atoms with Crippen molar-refractivity contribution in [1.82, 2.24) is 0 Å². The van der Waals surface area contributed by atoms with Gasteiger partial charge in [0.2, 0.25) is 0 Å². The molecule has 0 heterocycles. The van der Waals surface area contributed by atoms with Gasteiger partial charge in [0.05, 0.1) is 6.61 Å². The maximum atomic E-state index is 5.44.